The second-order valence-corrected chi connectivity index (χ2v) is 34.1. The molecule has 6 atom stereocenters. The summed E-state index contributed by atoms with van der Waals surface area (Å²) in [6, 6.07) is 0. The number of aliphatic hydroxyl groups is 1. The van der Waals surface area contributed by atoms with Crippen LogP contribution in [0.4, 0.5) is 0 Å². The number of phosphoric acid groups is 2. The zero-order valence-corrected chi connectivity index (χ0v) is 68.3. The molecule has 0 aliphatic rings. The van der Waals surface area contributed by atoms with Gasteiger partial charge in [0.25, 0.3) is 0 Å². The molecule has 0 aliphatic carbocycles. The fourth-order valence-corrected chi connectivity index (χ4v) is 14.2. The summed E-state index contributed by atoms with van der Waals surface area (Å²) in [6.45, 7) is 14.3. The summed E-state index contributed by atoms with van der Waals surface area (Å²) >= 11 is 0. The van der Waals surface area contributed by atoms with Crippen LogP contribution in [0.1, 0.15) is 421 Å². The van der Waals surface area contributed by atoms with Crippen LogP contribution in [0.25, 0.3) is 0 Å². The van der Waals surface area contributed by atoms with E-state index in [1.807, 2.05) is 0 Å². The van der Waals surface area contributed by atoms with Crippen molar-refractivity contribution in [3.05, 3.63) is 0 Å². The number of aliphatic hydroxyl groups excluding tert-OH is 1. The Morgan fingerprint density at radius 1 is 0.277 bits per heavy atom. The molecule has 0 aromatic carbocycles. The van der Waals surface area contributed by atoms with E-state index in [1.54, 1.807) is 0 Å². The maximum Gasteiger partial charge on any atom is 0.472 e. The van der Waals surface area contributed by atoms with E-state index in [-0.39, 0.29) is 25.7 Å². The summed E-state index contributed by atoms with van der Waals surface area (Å²) in [5, 5.41) is 10.7. The minimum absolute atomic E-state index is 0.106. The Morgan fingerprint density at radius 3 is 0.703 bits per heavy atom. The molecule has 0 heterocycles. The van der Waals surface area contributed by atoms with E-state index in [4.69, 9.17) is 37.0 Å². The first-order chi connectivity index (χ1) is 48.6. The topological polar surface area (TPSA) is 237 Å². The second kappa shape index (κ2) is 71.0. The third kappa shape index (κ3) is 74.7. The molecule has 0 rings (SSSR count). The molecule has 3 N–H and O–H groups in total. The largest absolute Gasteiger partial charge is 0.472 e. The van der Waals surface area contributed by atoms with Crippen LogP contribution in [-0.2, 0) is 65.4 Å². The van der Waals surface area contributed by atoms with Gasteiger partial charge in [-0.2, -0.15) is 0 Å². The number of esters is 4. The van der Waals surface area contributed by atoms with Crippen molar-refractivity contribution in [1.29, 1.82) is 0 Å². The minimum Gasteiger partial charge on any atom is -0.462 e. The van der Waals surface area contributed by atoms with Gasteiger partial charge in [0.15, 0.2) is 12.2 Å². The van der Waals surface area contributed by atoms with Gasteiger partial charge >= 0.3 is 39.5 Å². The lowest BCUT2D eigenvalue weighted by Gasteiger charge is -2.21. The number of rotatable bonds is 79. The fraction of sp³-hybridized carbons (Fsp3) is 0.951. The number of carbonyl (C=O) groups excluding carboxylic acids is 4. The summed E-state index contributed by atoms with van der Waals surface area (Å²) < 4.78 is 68.8. The number of unbranched alkanes of at least 4 members (excludes halogenated alkanes) is 44. The number of carbonyl (C=O) groups is 4. The van der Waals surface area contributed by atoms with Crippen molar-refractivity contribution in [3.63, 3.8) is 0 Å². The van der Waals surface area contributed by atoms with Crippen LogP contribution < -0.4 is 0 Å². The normalized spacial score (nSPS) is 14.3. The summed E-state index contributed by atoms with van der Waals surface area (Å²) in [5.41, 5.74) is 0. The number of hydrogen-bond acceptors (Lipinski definition) is 15. The average molecular weight is 1480 g/mol. The van der Waals surface area contributed by atoms with Crippen molar-refractivity contribution in [3.8, 4) is 0 Å². The first kappa shape index (κ1) is 99.1. The van der Waals surface area contributed by atoms with E-state index in [2.05, 4.69) is 55.4 Å². The van der Waals surface area contributed by atoms with Crippen LogP contribution in [0.3, 0.4) is 0 Å². The molecular weight excluding hydrogens is 1320 g/mol. The van der Waals surface area contributed by atoms with Crippen LogP contribution >= 0.6 is 15.6 Å². The second-order valence-electron chi connectivity index (χ2n) is 31.2. The number of ether oxygens (including phenoxy) is 4. The van der Waals surface area contributed by atoms with Gasteiger partial charge in [0.1, 0.15) is 19.3 Å². The molecule has 0 saturated carbocycles. The van der Waals surface area contributed by atoms with Crippen molar-refractivity contribution in [2.75, 3.05) is 39.6 Å². The summed E-state index contributed by atoms with van der Waals surface area (Å²) in [7, 11) is -9.92. The Morgan fingerprint density at radius 2 is 0.475 bits per heavy atom. The van der Waals surface area contributed by atoms with E-state index in [1.165, 1.54) is 218 Å². The van der Waals surface area contributed by atoms with Crippen molar-refractivity contribution >= 4 is 39.5 Å². The van der Waals surface area contributed by atoms with Crippen molar-refractivity contribution in [1.82, 2.24) is 0 Å². The molecule has 0 aromatic rings. The summed E-state index contributed by atoms with van der Waals surface area (Å²) in [5.74, 6) is 1.01. The average Bonchev–Trinajstić information content (AvgIpc) is 0.947. The molecule has 0 bridgehead atoms. The molecule has 0 aliphatic heterocycles. The molecule has 17 nitrogen and oxygen atoms in total. The van der Waals surface area contributed by atoms with E-state index < -0.39 is 97.5 Å². The highest BCUT2D eigenvalue weighted by atomic mass is 31.2. The van der Waals surface area contributed by atoms with Gasteiger partial charge < -0.3 is 33.8 Å². The molecule has 3 unspecified atom stereocenters. The Kier molecular flexibility index (Phi) is 69.6. The molecule has 0 amide bonds. The molecule has 19 heteroatoms. The Hall–Kier alpha value is -1.94. The highest BCUT2D eigenvalue weighted by molar-refractivity contribution is 7.47. The maximum atomic E-state index is 13.1. The fourth-order valence-electron chi connectivity index (χ4n) is 12.6. The van der Waals surface area contributed by atoms with Crippen molar-refractivity contribution in [2.24, 2.45) is 23.7 Å². The van der Waals surface area contributed by atoms with E-state index in [0.29, 0.717) is 25.7 Å². The first-order valence-electron chi connectivity index (χ1n) is 42.2. The molecule has 600 valence electrons. The molecule has 0 saturated heterocycles. The molecule has 0 spiro atoms. The van der Waals surface area contributed by atoms with Gasteiger partial charge in [0.2, 0.25) is 0 Å². The maximum absolute atomic E-state index is 13.1. The van der Waals surface area contributed by atoms with Gasteiger partial charge in [-0.15, -0.1) is 0 Å². The molecule has 0 aromatic heterocycles. The number of hydrogen-bond donors (Lipinski definition) is 3. The van der Waals surface area contributed by atoms with Crippen LogP contribution in [0.5, 0.6) is 0 Å². The number of phosphoric ester groups is 2. The monoisotopic (exact) mass is 1480 g/mol. The van der Waals surface area contributed by atoms with Crippen LogP contribution in [0.15, 0.2) is 0 Å². The van der Waals surface area contributed by atoms with E-state index in [9.17, 15) is 43.2 Å². The Labute approximate surface area is 619 Å². The van der Waals surface area contributed by atoms with Gasteiger partial charge in [-0.3, -0.25) is 37.3 Å². The summed E-state index contributed by atoms with van der Waals surface area (Å²) in [4.78, 5) is 73.1. The lowest BCUT2D eigenvalue weighted by molar-refractivity contribution is -0.161. The van der Waals surface area contributed by atoms with Gasteiger partial charge in [0, 0.05) is 25.7 Å². The van der Waals surface area contributed by atoms with Crippen LogP contribution in [-0.4, -0.2) is 96.7 Å². The zero-order valence-electron chi connectivity index (χ0n) is 66.5. The van der Waals surface area contributed by atoms with Gasteiger partial charge in [-0.1, -0.05) is 370 Å². The zero-order chi connectivity index (χ0) is 74.6. The highest BCUT2D eigenvalue weighted by Crippen LogP contribution is 2.45. The SMILES string of the molecule is CCC(C)CCCCCCCCC(=O)OC[C@H](COP(=O)(O)OC[C@H](O)COP(=O)(O)OC[C@@H](COC(=O)CCCCCCCCCCCCCCCCC(C)C)OC(=O)CCCCCCCCCCCCCCCCCC(C)C)OC(=O)CCCCCCCCCCCCCCCC(C)C. The predicted octanol–water partition coefficient (Wildman–Crippen LogP) is 24.4. The van der Waals surface area contributed by atoms with Gasteiger partial charge in [0.05, 0.1) is 26.4 Å². The van der Waals surface area contributed by atoms with Crippen molar-refractivity contribution < 1.29 is 80.2 Å². The minimum atomic E-state index is -4.96. The highest BCUT2D eigenvalue weighted by Gasteiger charge is 2.30. The van der Waals surface area contributed by atoms with E-state index in [0.717, 1.165) is 120 Å². The molecule has 101 heavy (non-hydrogen) atoms. The third-order valence-electron chi connectivity index (χ3n) is 19.4. The first-order valence-corrected chi connectivity index (χ1v) is 45.2. The third-order valence-corrected chi connectivity index (χ3v) is 21.3. The molecule has 0 radical (unpaired) electrons. The predicted molar refractivity (Wildman–Crippen MR) is 414 cm³/mol. The van der Waals surface area contributed by atoms with E-state index >= 15 is 0 Å². The Bertz CT molecular complexity index is 1970. The lowest BCUT2D eigenvalue weighted by Crippen LogP contribution is -2.30. The Balaban J connectivity index is 5.25. The summed E-state index contributed by atoms with van der Waals surface area (Å²) in [6.07, 6.45) is 58.3. The van der Waals surface area contributed by atoms with Crippen LogP contribution in [0, 0.1) is 23.7 Å². The smallest absolute Gasteiger partial charge is 0.462 e. The van der Waals surface area contributed by atoms with Crippen molar-refractivity contribution in [2.45, 2.75) is 440 Å². The van der Waals surface area contributed by atoms with Gasteiger partial charge in [-0.25, -0.2) is 9.13 Å². The lowest BCUT2D eigenvalue weighted by atomic mass is 10.00. The quantitative estimate of drug-likeness (QED) is 0.0222. The molecular formula is C82H160O17P2. The van der Waals surface area contributed by atoms with Crippen LogP contribution in [0.2, 0.25) is 0 Å². The standard InChI is InChI=1S/C82H160O17P2/c1-9-75(8)61-53-45-40-41-47-55-63-80(85)93-69-78(99-82(87)65-57-49-39-33-27-21-15-18-24-30-36-44-52-60-74(6)7)71-97-101(90,91)95-67-76(83)66-94-100(88,89)96-70-77(68-92-79(84)62-54-46-37-31-25-19-14-13-17-23-29-35-43-51-59-73(4)5)98-81(86)64-56-48-38-32-26-20-12-10-11-16-22-28-34-42-50-58-72(2)3/h72-78,83H,9-71H2,1-8H3,(H,88,89)(H,90,91)/t75?,76-,77-,78-/m1/s1. The van der Waals surface area contributed by atoms with Gasteiger partial charge in [-0.05, 0) is 49.4 Å². The molecule has 0 fully saturated rings.